The van der Waals surface area contributed by atoms with Gasteiger partial charge in [-0.15, -0.1) is 0 Å². The number of fused-ring (bicyclic) bond motifs is 6. The van der Waals surface area contributed by atoms with Gasteiger partial charge in [-0.1, -0.05) is 92.7 Å². The van der Waals surface area contributed by atoms with Crippen LogP contribution in [0.4, 0.5) is 11.4 Å². The maximum Gasteiger partial charge on any atom is 0.238 e. The van der Waals surface area contributed by atoms with Crippen LogP contribution in [-0.4, -0.2) is 36.7 Å². The van der Waals surface area contributed by atoms with E-state index in [0.29, 0.717) is 28.5 Å². The molecule has 3 aliphatic heterocycles. The summed E-state index contributed by atoms with van der Waals surface area (Å²) in [7, 11) is 1.56. The maximum absolute atomic E-state index is 15.1. The molecule has 1 amide bonds. The van der Waals surface area contributed by atoms with Gasteiger partial charge in [0, 0.05) is 28.1 Å². The van der Waals surface area contributed by atoms with E-state index in [4.69, 9.17) is 4.74 Å². The topological polar surface area (TPSA) is 75.7 Å². The Balaban J connectivity index is 1.50. The number of benzene rings is 4. The van der Waals surface area contributed by atoms with Crippen LogP contribution >= 0.6 is 0 Å². The number of hydrogen-bond donors (Lipinski definition) is 1. The molecule has 0 unspecified atom stereocenters. The summed E-state index contributed by atoms with van der Waals surface area (Å²) >= 11 is 0. The molecule has 226 valence electrons. The fraction of sp³-hybridized carbons (Fsp3) is 0.256. The third-order valence-corrected chi connectivity index (χ3v) is 9.67. The predicted octanol–water partition coefficient (Wildman–Crippen LogP) is 7.14. The largest absolute Gasteiger partial charge is 0.497 e. The summed E-state index contributed by atoms with van der Waals surface area (Å²) in [6, 6.07) is 28.7. The Morgan fingerprint density at radius 3 is 2.38 bits per heavy atom. The summed E-state index contributed by atoms with van der Waals surface area (Å²) in [6.45, 7) is 6.36. The van der Waals surface area contributed by atoms with Crippen LogP contribution in [0.5, 0.6) is 5.75 Å². The number of allylic oxidation sites excluding steroid dienone is 1. The zero-order chi connectivity index (χ0) is 31.5. The molecule has 1 spiro atoms. The van der Waals surface area contributed by atoms with E-state index in [1.165, 1.54) is 0 Å². The summed E-state index contributed by atoms with van der Waals surface area (Å²) in [6.07, 6.45) is 2.97. The molecule has 3 heterocycles. The fourth-order valence-corrected chi connectivity index (χ4v) is 7.79. The first-order chi connectivity index (χ1) is 21.7. The quantitative estimate of drug-likeness (QED) is 0.230. The van der Waals surface area contributed by atoms with Crippen LogP contribution in [0.2, 0.25) is 0 Å². The van der Waals surface area contributed by atoms with Crippen molar-refractivity contribution in [1.82, 2.24) is 0 Å². The van der Waals surface area contributed by atoms with Crippen molar-refractivity contribution in [2.75, 3.05) is 17.3 Å². The van der Waals surface area contributed by atoms with E-state index < -0.39 is 23.4 Å². The smallest absolute Gasteiger partial charge is 0.238 e. The molecule has 7 rings (SSSR count). The first-order valence-electron chi connectivity index (χ1n) is 15.5. The van der Waals surface area contributed by atoms with Crippen LogP contribution < -0.4 is 15.0 Å². The second kappa shape index (κ2) is 10.9. The molecule has 45 heavy (non-hydrogen) atoms. The van der Waals surface area contributed by atoms with E-state index >= 15 is 4.79 Å². The van der Waals surface area contributed by atoms with E-state index in [2.05, 4.69) is 25.2 Å². The molecule has 0 saturated carbocycles. The molecule has 1 saturated heterocycles. The van der Waals surface area contributed by atoms with Crippen LogP contribution in [0.15, 0.2) is 103 Å². The predicted molar refractivity (Wildman–Crippen MR) is 177 cm³/mol. The molecule has 4 atom stereocenters. The van der Waals surface area contributed by atoms with Crippen molar-refractivity contribution in [3.05, 3.63) is 131 Å². The van der Waals surface area contributed by atoms with Gasteiger partial charge >= 0.3 is 0 Å². The molecule has 0 aliphatic carbocycles. The Kier molecular flexibility index (Phi) is 6.96. The summed E-state index contributed by atoms with van der Waals surface area (Å²) in [5.74, 6) is -0.719. The number of nitrogens with one attached hydrogen (secondary N) is 1. The average molecular weight is 597 g/mol. The number of nitrogens with zero attached hydrogens (tertiary/aromatic N) is 1. The lowest BCUT2D eigenvalue weighted by molar-refractivity contribution is -0.121. The number of rotatable bonds is 7. The Morgan fingerprint density at radius 2 is 1.62 bits per heavy atom. The van der Waals surface area contributed by atoms with E-state index in [9.17, 15) is 9.59 Å². The third-order valence-electron chi connectivity index (χ3n) is 9.67. The number of carbonyl (C=O) groups excluding carboxylic acids is 3. The number of para-hydroxylation sites is 2. The van der Waals surface area contributed by atoms with Crippen molar-refractivity contribution in [2.45, 2.75) is 44.7 Å². The molecule has 0 radical (unpaired) electrons. The standard InChI is InChI=1S/C39H36N2O4/c1-23(2)20-25-16-18-26(19-17-25)36(42)34-35(37(43)27-10-9-11-28(22-27)45-4)41-32-15-8-5-12-29(32)24(3)21-33(41)39(34)30-13-6-7-14-31(30)40-38(39)44/h5-19,21-23,33-35H,20H2,1-4H3,(H,40,44)/t33-,34+,35-,39+/m1/s1. The van der Waals surface area contributed by atoms with Gasteiger partial charge in [-0.2, -0.15) is 0 Å². The summed E-state index contributed by atoms with van der Waals surface area (Å²) in [5, 5.41) is 3.11. The fourth-order valence-electron chi connectivity index (χ4n) is 7.79. The van der Waals surface area contributed by atoms with Crippen molar-refractivity contribution in [3.63, 3.8) is 0 Å². The van der Waals surface area contributed by atoms with Crippen LogP contribution in [0.1, 0.15) is 58.2 Å². The number of carbonyl (C=O) groups is 3. The third kappa shape index (κ3) is 4.34. The number of anilines is 2. The SMILES string of the molecule is COc1cccc(C(=O)[C@H]2[C@@H](C(=O)c3ccc(CC(C)C)cc3)[C@@]3(C(=O)Nc4ccccc43)[C@H]3C=C(C)c4ccccc4N23)c1. The van der Waals surface area contributed by atoms with Crippen molar-refractivity contribution < 1.29 is 19.1 Å². The first kappa shape index (κ1) is 28.8. The lowest BCUT2D eigenvalue weighted by atomic mass is 9.64. The second-order valence-corrected chi connectivity index (χ2v) is 12.8. The molecule has 1 N–H and O–H groups in total. The molecular weight excluding hydrogens is 560 g/mol. The van der Waals surface area contributed by atoms with Gasteiger partial charge in [-0.3, -0.25) is 14.4 Å². The number of amides is 1. The van der Waals surface area contributed by atoms with E-state index in [-0.39, 0.29) is 17.5 Å². The normalized spacial score (nSPS) is 22.9. The highest BCUT2D eigenvalue weighted by Crippen LogP contribution is 2.58. The molecule has 3 aliphatic rings. The lowest BCUT2D eigenvalue weighted by Gasteiger charge is -2.39. The van der Waals surface area contributed by atoms with Gasteiger partial charge in [0.15, 0.2) is 11.6 Å². The maximum atomic E-state index is 15.1. The van der Waals surface area contributed by atoms with Gasteiger partial charge in [0.2, 0.25) is 5.91 Å². The van der Waals surface area contributed by atoms with Crippen molar-refractivity contribution in [3.8, 4) is 5.75 Å². The zero-order valence-corrected chi connectivity index (χ0v) is 25.9. The van der Waals surface area contributed by atoms with Gasteiger partial charge in [-0.05, 0) is 60.2 Å². The lowest BCUT2D eigenvalue weighted by Crippen LogP contribution is -2.51. The average Bonchev–Trinajstić information content (AvgIpc) is 3.52. The van der Waals surface area contributed by atoms with E-state index in [1.807, 2.05) is 84.6 Å². The van der Waals surface area contributed by atoms with Gasteiger partial charge in [0.25, 0.3) is 0 Å². The van der Waals surface area contributed by atoms with Gasteiger partial charge < -0.3 is 15.0 Å². The minimum absolute atomic E-state index is 0.225. The Labute approximate surface area is 263 Å². The van der Waals surface area contributed by atoms with Crippen LogP contribution in [0.25, 0.3) is 5.57 Å². The summed E-state index contributed by atoms with van der Waals surface area (Å²) in [5.41, 5.74) is 4.93. The van der Waals surface area contributed by atoms with E-state index in [0.717, 1.165) is 34.4 Å². The minimum Gasteiger partial charge on any atom is -0.497 e. The van der Waals surface area contributed by atoms with Crippen LogP contribution in [0.3, 0.4) is 0 Å². The highest BCUT2D eigenvalue weighted by Gasteiger charge is 2.70. The Morgan fingerprint density at radius 1 is 0.889 bits per heavy atom. The molecular formula is C39H36N2O4. The second-order valence-electron chi connectivity index (χ2n) is 12.8. The summed E-state index contributed by atoms with van der Waals surface area (Å²) < 4.78 is 5.48. The highest BCUT2D eigenvalue weighted by molar-refractivity contribution is 6.18. The number of Topliss-reactive ketones (excluding diaryl/α,β-unsaturated/α-hetero) is 2. The summed E-state index contributed by atoms with van der Waals surface area (Å²) in [4.78, 5) is 46.7. The van der Waals surface area contributed by atoms with Crippen molar-refractivity contribution in [1.29, 1.82) is 0 Å². The number of hydrogen-bond acceptors (Lipinski definition) is 5. The Hall–Kier alpha value is -4.97. The highest BCUT2D eigenvalue weighted by atomic mass is 16.5. The van der Waals surface area contributed by atoms with Crippen molar-refractivity contribution in [2.24, 2.45) is 11.8 Å². The number of ketones is 2. The number of ether oxygens (including phenoxy) is 1. The van der Waals surface area contributed by atoms with Crippen LogP contribution in [-0.2, 0) is 16.6 Å². The van der Waals surface area contributed by atoms with Gasteiger partial charge in [-0.25, -0.2) is 0 Å². The Bertz CT molecular complexity index is 1870. The van der Waals surface area contributed by atoms with E-state index in [1.54, 1.807) is 31.4 Å². The monoisotopic (exact) mass is 596 g/mol. The van der Waals surface area contributed by atoms with Crippen LogP contribution in [0, 0.1) is 11.8 Å². The van der Waals surface area contributed by atoms with Crippen molar-refractivity contribution >= 4 is 34.4 Å². The molecule has 4 aromatic rings. The molecule has 0 bridgehead atoms. The molecule has 0 aromatic heterocycles. The minimum atomic E-state index is -1.35. The molecule has 4 aromatic carbocycles. The number of methoxy groups -OCH3 is 1. The first-order valence-corrected chi connectivity index (χ1v) is 15.5. The molecule has 6 heteroatoms. The zero-order valence-electron chi connectivity index (χ0n) is 25.9. The molecule has 6 nitrogen and oxygen atoms in total. The van der Waals surface area contributed by atoms with Gasteiger partial charge in [0.05, 0.1) is 19.1 Å². The molecule has 1 fully saturated rings. The van der Waals surface area contributed by atoms with Gasteiger partial charge in [0.1, 0.15) is 17.2 Å².